The molecular formula is C26H32N4O4. The first-order chi connectivity index (χ1) is 16.7. The molecule has 1 aromatic carbocycles. The molecule has 2 saturated heterocycles. The number of aliphatic hydroxyl groups excluding tert-OH is 1. The van der Waals surface area contributed by atoms with E-state index in [9.17, 15) is 5.11 Å². The Morgan fingerprint density at radius 1 is 1.06 bits per heavy atom. The summed E-state index contributed by atoms with van der Waals surface area (Å²) < 4.78 is 16.6. The highest BCUT2D eigenvalue weighted by molar-refractivity contribution is 5.89. The van der Waals surface area contributed by atoms with E-state index < -0.39 is 0 Å². The van der Waals surface area contributed by atoms with Crippen molar-refractivity contribution in [1.82, 2.24) is 15.0 Å². The maximum atomic E-state index is 9.74. The highest BCUT2D eigenvalue weighted by Gasteiger charge is 2.25. The number of nitrogens with zero attached hydrogens (tertiary/aromatic N) is 4. The Bertz CT molecular complexity index is 1150. The Labute approximate surface area is 199 Å². The van der Waals surface area contributed by atoms with Crippen LogP contribution in [0, 0.1) is 5.92 Å². The minimum atomic E-state index is -0.0961. The van der Waals surface area contributed by atoms with Crippen molar-refractivity contribution in [3.8, 4) is 17.0 Å². The van der Waals surface area contributed by atoms with Gasteiger partial charge in [0.05, 0.1) is 44.1 Å². The molecule has 180 valence electrons. The molecule has 0 saturated carbocycles. The first-order valence-electron chi connectivity index (χ1n) is 12.0. The van der Waals surface area contributed by atoms with E-state index in [2.05, 4.69) is 17.9 Å². The molecule has 0 amide bonds. The number of pyridine rings is 1. The van der Waals surface area contributed by atoms with Crippen LogP contribution in [0.4, 0.5) is 5.82 Å². The number of morpholine rings is 1. The first kappa shape index (κ1) is 23.0. The van der Waals surface area contributed by atoms with Gasteiger partial charge in [-0.1, -0.05) is 0 Å². The molecule has 0 unspecified atom stereocenters. The molecule has 4 heterocycles. The third-order valence-electron chi connectivity index (χ3n) is 6.78. The van der Waals surface area contributed by atoms with E-state index in [1.807, 2.05) is 24.3 Å². The second-order valence-electron chi connectivity index (χ2n) is 9.09. The van der Waals surface area contributed by atoms with Gasteiger partial charge in [-0.05, 0) is 56.0 Å². The number of hydrogen-bond donors (Lipinski definition) is 1. The number of fused-ring (bicyclic) bond motifs is 1. The van der Waals surface area contributed by atoms with Gasteiger partial charge in [0.25, 0.3) is 0 Å². The van der Waals surface area contributed by atoms with E-state index in [0.29, 0.717) is 30.5 Å². The van der Waals surface area contributed by atoms with Gasteiger partial charge in [0, 0.05) is 37.3 Å². The van der Waals surface area contributed by atoms with Crippen molar-refractivity contribution < 1.29 is 19.3 Å². The van der Waals surface area contributed by atoms with E-state index in [1.165, 1.54) is 0 Å². The Hall–Kier alpha value is -2.81. The highest BCUT2D eigenvalue weighted by Crippen LogP contribution is 2.31. The lowest BCUT2D eigenvalue weighted by molar-refractivity contribution is 0.0660. The summed E-state index contributed by atoms with van der Waals surface area (Å²) >= 11 is 0. The maximum absolute atomic E-state index is 9.74. The van der Waals surface area contributed by atoms with Gasteiger partial charge in [0.15, 0.2) is 5.65 Å². The van der Waals surface area contributed by atoms with Gasteiger partial charge in [-0.25, -0.2) is 15.0 Å². The van der Waals surface area contributed by atoms with Crippen LogP contribution in [-0.4, -0.2) is 66.2 Å². The molecule has 5 rings (SSSR count). The zero-order valence-electron chi connectivity index (χ0n) is 19.9. The van der Waals surface area contributed by atoms with Crippen LogP contribution < -0.4 is 9.64 Å². The molecule has 2 aliphatic heterocycles. The van der Waals surface area contributed by atoms with Gasteiger partial charge >= 0.3 is 0 Å². The van der Waals surface area contributed by atoms with E-state index in [0.717, 1.165) is 72.9 Å². The summed E-state index contributed by atoms with van der Waals surface area (Å²) in [6.45, 7) is 5.85. The SMILES string of the molecule is COc1ccc(-c2ccc3c(N4CCOC[C@@H]4C)nc(CC4CCOCC4)nc3n2)cc1CO. The van der Waals surface area contributed by atoms with Gasteiger partial charge in [0.2, 0.25) is 0 Å². The van der Waals surface area contributed by atoms with Crippen LogP contribution in [-0.2, 0) is 22.5 Å². The lowest BCUT2D eigenvalue weighted by Crippen LogP contribution is -2.44. The van der Waals surface area contributed by atoms with E-state index in [-0.39, 0.29) is 12.6 Å². The summed E-state index contributed by atoms with van der Waals surface area (Å²) in [7, 11) is 1.60. The number of aliphatic hydroxyl groups is 1. The fraction of sp³-hybridized carbons (Fsp3) is 0.500. The van der Waals surface area contributed by atoms with Crippen molar-refractivity contribution in [2.75, 3.05) is 45.0 Å². The van der Waals surface area contributed by atoms with Crippen LogP contribution in [0.25, 0.3) is 22.3 Å². The van der Waals surface area contributed by atoms with Crippen LogP contribution in [0.5, 0.6) is 5.75 Å². The van der Waals surface area contributed by atoms with Crippen molar-refractivity contribution in [2.45, 2.75) is 38.8 Å². The summed E-state index contributed by atoms with van der Waals surface area (Å²) in [5.41, 5.74) is 3.15. The molecule has 34 heavy (non-hydrogen) atoms. The van der Waals surface area contributed by atoms with Crippen molar-refractivity contribution in [1.29, 1.82) is 0 Å². The molecule has 2 aliphatic rings. The van der Waals surface area contributed by atoms with Crippen LogP contribution in [0.2, 0.25) is 0 Å². The normalized spacial score (nSPS) is 19.5. The molecule has 1 N–H and O–H groups in total. The molecular weight excluding hydrogens is 432 g/mol. The molecule has 0 spiro atoms. The van der Waals surface area contributed by atoms with Crippen LogP contribution in [0.15, 0.2) is 30.3 Å². The number of anilines is 1. The fourth-order valence-electron chi connectivity index (χ4n) is 4.82. The van der Waals surface area contributed by atoms with Crippen molar-refractivity contribution in [3.05, 3.63) is 41.7 Å². The van der Waals surface area contributed by atoms with Crippen LogP contribution >= 0.6 is 0 Å². The summed E-state index contributed by atoms with van der Waals surface area (Å²) in [6.07, 6.45) is 2.90. The molecule has 8 nitrogen and oxygen atoms in total. The predicted octanol–water partition coefficient (Wildman–Crippen LogP) is 3.39. The number of rotatable bonds is 6. The molecule has 2 fully saturated rings. The van der Waals surface area contributed by atoms with Crippen LogP contribution in [0.3, 0.4) is 0 Å². The lowest BCUT2D eigenvalue weighted by Gasteiger charge is -2.35. The number of aromatic nitrogens is 3. The zero-order chi connectivity index (χ0) is 23.5. The minimum absolute atomic E-state index is 0.0961. The zero-order valence-corrected chi connectivity index (χ0v) is 19.9. The summed E-state index contributed by atoms with van der Waals surface area (Å²) in [5, 5.41) is 10.7. The Balaban J connectivity index is 1.57. The monoisotopic (exact) mass is 464 g/mol. The maximum Gasteiger partial charge on any atom is 0.165 e. The molecule has 0 radical (unpaired) electrons. The molecule has 8 heteroatoms. The van der Waals surface area contributed by atoms with Crippen LogP contribution in [0.1, 0.15) is 31.2 Å². The average molecular weight is 465 g/mol. The molecule has 2 aromatic heterocycles. The molecule has 3 aromatic rings. The topological polar surface area (TPSA) is 89.8 Å². The standard InChI is InChI=1S/C26H32N4O4/c1-17-16-34-12-9-30(17)26-21-4-5-22(19-3-6-23(32-2)20(14-19)15-31)27-25(21)28-24(29-26)13-18-7-10-33-11-8-18/h3-6,14,17-18,31H,7-13,15-16H2,1-2H3/t17-/m0/s1. The van der Waals surface area contributed by atoms with Gasteiger partial charge in [-0.15, -0.1) is 0 Å². The van der Waals surface area contributed by atoms with E-state index >= 15 is 0 Å². The number of hydrogen-bond acceptors (Lipinski definition) is 8. The Morgan fingerprint density at radius 3 is 2.68 bits per heavy atom. The fourth-order valence-corrected chi connectivity index (χ4v) is 4.82. The van der Waals surface area contributed by atoms with Gasteiger partial charge in [-0.3, -0.25) is 0 Å². The van der Waals surface area contributed by atoms with E-state index in [4.69, 9.17) is 29.2 Å². The lowest BCUT2D eigenvalue weighted by atomic mass is 9.96. The van der Waals surface area contributed by atoms with Crippen molar-refractivity contribution in [3.63, 3.8) is 0 Å². The Kier molecular flexibility index (Phi) is 6.89. The van der Waals surface area contributed by atoms with Crippen molar-refractivity contribution in [2.24, 2.45) is 5.92 Å². The second-order valence-corrected chi connectivity index (χ2v) is 9.09. The minimum Gasteiger partial charge on any atom is -0.496 e. The largest absolute Gasteiger partial charge is 0.496 e. The first-order valence-corrected chi connectivity index (χ1v) is 12.0. The highest BCUT2D eigenvalue weighted by atomic mass is 16.5. The summed E-state index contributed by atoms with van der Waals surface area (Å²) in [5.74, 6) is 2.96. The summed E-state index contributed by atoms with van der Waals surface area (Å²) in [4.78, 5) is 17.2. The number of methoxy groups -OCH3 is 1. The molecule has 0 bridgehead atoms. The third-order valence-corrected chi connectivity index (χ3v) is 6.78. The number of benzene rings is 1. The number of ether oxygens (including phenoxy) is 3. The van der Waals surface area contributed by atoms with Crippen molar-refractivity contribution >= 4 is 16.9 Å². The van der Waals surface area contributed by atoms with E-state index in [1.54, 1.807) is 7.11 Å². The van der Waals surface area contributed by atoms with Gasteiger partial charge < -0.3 is 24.2 Å². The average Bonchev–Trinajstić information content (AvgIpc) is 2.88. The second kappa shape index (κ2) is 10.2. The molecule has 1 atom stereocenters. The smallest absolute Gasteiger partial charge is 0.165 e. The van der Waals surface area contributed by atoms with Gasteiger partial charge in [-0.2, -0.15) is 0 Å². The quantitative estimate of drug-likeness (QED) is 0.594. The summed E-state index contributed by atoms with van der Waals surface area (Å²) in [6, 6.07) is 10.0. The predicted molar refractivity (Wildman–Crippen MR) is 130 cm³/mol. The Morgan fingerprint density at radius 2 is 1.91 bits per heavy atom. The third kappa shape index (κ3) is 4.71. The molecule has 0 aliphatic carbocycles. The van der Waals surface area contributed by atoms with Gasteiger partial charge in [0.1, 0.15) is 17.4 Å².